The zero-order valence-electron chi connectivity index (χ0n) is 13.5. The lowest BCUT2D eigenvalue weighted by Crippen LogP contribution is -2.60. The summed E-state index contributed by atoms with van der Waals surface area (Å²) in [4.78, 5) is 30.0. The second-order valence-electron chi connectivity index (χ2n) is 6.73. The van der Waals surface area contributed by atoms with Crippen LogP contribution in [0.1, 0.15) is 33.1 Å². The predicted octanol–water partition coefficient (Wildman–Crippen LogP) is 2.47. The van der Waals surface area contributed by atoms with E-state index in [4.69, 9.17) is 4.74 Å². The zero-order valence-corrected chi connectivity index (χ0v) is 13.5. The Hall–Kier alpha value is -1.56. The Labute approximate surface area is 131 Å². The fourth-order valence-corrected chi connectivity index (χ4v) is 2.64. The van der Waals surface area contributed by atoms with Gasteiger partial charge in [-0.15, -0.1) is 0 Å². The van der Waals surface area contributed by atoms with E-state index in [0.717, 1.165) is 19.3 Å². The van der Waals surface area contributed by atoms with Crippen molar-refractivity contribution in [3.63, 3.8) is 0 Å². The average molecular weight is 307 g/mol. The Bertz CT molecular complexity index is 449. The molecule has 0 radical (unpaired) electrons. The summed E-state index contributed by atoms with van der Waals surface area (Å²) in [7, 11) is 0. The molecular formula is C16H25N3O3. The molecule has 3 aliphatic rings. The molecule has 0 aromatic rings. The van der Waals surface area contributed by atoms with Crippen LogP contribution in [0.5, 0.6) is 0 Å². The van der Waals surface area contributed by atoms with Crippen LogP contribution in [-0.4, -0.2) is 59.1 Å². The number of carbonyl (C=O) groups excluding carboxylic acids is 2. The lowest BCUT2D eigenvalue weighted by Gasteiger charge is -2.43. The normalized spacial score (nSPS) is 26.7. The topological polar surface area (TPSA) is 56.4 Å². The maximum absolute atomic E-state index is 12.7. The highest BCUT2D eigenvalue weighted by molar-refractivity contribution is 5.98. The van der Waals surface area contributed by atoms with Gasteiger partial charge in [-0.2, -0.15) is 0 Å². The minimum absolute atomic E-state index is 0.00693. The van der Waals surface area contributed by atoms with Crippen LogP contribution in [0, 0.1) is 11.8 Å². The summed E-state index contributed by atoms with van der Waals surface area (Å²) in [6.45, 7) is 10.5. The summed E-state index contributed by atoms with van der Waals surface area (Å²) in [6.07, 6.45) is 3.30. The summed E-state index contributed by atoms with van der Waals surface area (Å²) in [6, 6.07) is -0.490. The van der Waals surface area contributed by atoms with Crippen LogP contribution in [0.4, 0.5) is 9.59 Å². The molecular weight excluding hydrogens is 282 g/mol. The van der Waals surface area contributed by atoms with Crippen molar-refractivity contribution < 1.29 is 14.3 Å². The molecule has 3 fully saturated rings. The van der Waals surface area contributed by atoms with Crippen LogP contribution < -0.4 is 0 Å². The molecule has 6 heteroatoms. The molecule has 2 aliphatic heterocycles. The zero-order chi connectivity index (χ0) is 15.9. The second-order valence-corrected chi connectivity index (χ2v) is 6.73. The molecule has 0 bridgehead atoms. The van der Waals surface area contributed by atoms with Crippen molar-refractivity contribution in [2.45, 2.75) is 39.2 Å². The maximum Gasteiger partial charge on any atom is 0.333 e. The van der Waals surface area contributed by atoms with Gasteiger partial charge in [-0.3, -0.25) is 9.80 Å². The Morgan fingerprint density at radius 1 is 1.18 bits per heavy atom. The van der Waals surface area contributed by atoms with Crippen molar-refractivity contribution >= 4 is 12.1 Å². The van der Waals surface area contributed by atoms with Gasteiger partial charge in [-0.25, -0.2) is 14.5 Å². The number of nitrogens with zero attached hydrogens (tertiary/aromatic N) is 3. The third-order valence-electron chi connectivity index (χ3n) is 4.66. The minimum atomic E-state index is -0.252. The van der Waals surface area contributed by atoms with Gasteiger partial charge < -0.3 is 4.74 Å². The van der Waals surface area contributed by atoms with E-state index in [0.29, 0.717) is 43.9 Å². The van der Waals surface area contributed by atoms with E-state index < -0.39 is 0 Å². The van der Waals surface area contributed by atoms with Crippen molar-refractivity contribution in [3.8, 4) is 0 Å². The molecule has 0 aromatic heterocycles. The third-order valence-corrected chi connectivity index (χ3v) is 4.66. The van der Waals surface area contributed by atoms with E-state index in [1.165, 1.54) is 4.90 Å². The second kappa shape index (κ2) is 5.91. The molecule has 0 aromatic carbocycles. The van der Waals surface area contributed by atoms with E-state index in [1.807, 2.05) is 0 Å². The van der Waals surface area contributed by atoms with Crippen molar-refractivity contribution in [2.24, 2.45) is 11.8 Å². The van der Waals surface area contributed by atoms with Gasteiger partial charge >= 0.3 is 12.1 Å². The third kappa shape index (κ3) is 3.11. The number of urea groups is 2. The van der Waals surface area contributed by atoms with Gasteiger partial charge in [0, 0.05) is 13.1 Å². The van der Waals surface area contributed by atoms with Gasteiger partial charge in [0.15, 0.2) is 0 Å². The van der Waals surface area contributed by atoms with E-state index >= 15 is 0 Å². The fourth-order valence-electron chi connectivity index (χ4n) is 2.64. The Morgan fingerprint density at radius 3 is 2.36 bits per heavy atom. The van der Waals surface area contributed by atoms with Gasteiger partial charge in [0.05, 0.1) is 19.3 Å². The summed E-state index contributed by atoms with van der Waals surface area (Å²) < 4.78 is 5.20. The first-order valence-corrected chi connectivity index (χ1v) is 8.22. The number of hydrogen-bond acceptors (Lipinski definition) is 3. The fraction of sp³-hybridized carbons (Fsp3) is 0.750. The first-order valence-electron chi connectivity index (χ1n) is 8.22. The molecule has 6 nitrogen and oxygen atoms in total. The van der Waals surface area contributed by atoms with Crippen LogP contribution in [0.25, 0.3) is 0 Å². The Morgan fingerprint density at radius 2 is 1.82 bits per heavy atom. The minimum Gasteiger partial charge on any atom is -0.371 e. The smallest absolute Gasteiger partial charge is 0.333 e. The molecule has 0 N–H and O–H groups in total. The number of rotatable bonds is 7. The van der Waals surface area contributed by atoms with Crippen LogP contribution >= 0.6 is 0 Å². The molecule has 122 valence electrons. The average Bonchev–Trinajstić information content (AvgIpc) is 3.39. The summed E-state index contributed by atoms with van der Waals surface area (Å²) in [5.74, 6) is 1.46. The van der Waals surface area contributed by atoms with Gasteiger partial charge in [-0.1, -0.05) is 26.8 Å². The van der Waals surface area contributed by atoms with Crippen LogP contribution in [0.15, 0.2) is 12.4 Å². The number of hydrogen-bond donors (Lipinski definition) is 0. The first kappa shape index (κ1) is 15.3. The molecule has 4 amide bonds. The number of carbonyl (C=O) groups is 2. The van der Waals surface area contributed by atoms with Gasteiger partial charge in [-0.05, 0) is 24.7 Å². The van der Waals surface area contributed by atoms with E-state index in [2.05, 4.69) is 20.4 Å². The maximum atomic E-state index is 12.7. The SMILES string of the molecule is C=C1N(CC(C)CC)C(=O)N(CC2CO2)C(=O)N1CC1CC1. The molecule has 1 saturated carbocycles. The molecule has 3 rings (SSSR count). The molecule has 0 spiro atoms. The predicted molar refractivity (Wildman–Crippen MR) is 82.0 cm³/mol. The van der Waals surface area contributed by atoms with Crippen molar-refractivity contribution in [2.75, 3.05) is 26.2 Å². The molecule has 2 atom stereocenters. The quantitative estimate of drug-likeness (QED) is 0.679. The molecule has 1 aliphatic carbocycles. The molecule has 2 heterocycles. The number of amides is 4. The number of imide groups is 1. The van der Waals surface area contributed by atoms with Crippen LogP contribution in [-0.2, 0) is 4.74 Å². The van der Waals surface area contributed by atoms with Gasteiger partial charge in [0.1, 0.15) is 5.82 Å². The highest BCUT2D eigenvalue weighted by Gasteiger charge is 2.44. The van der Waals surface area contributed by atoms with Gasteiger partial charge in [0.25, 0.3) is 0 Å². The monoisotopic (exact) mass is 307 g/mol. The molecule has 2 unspecified atom stereocenters. The molecule has 2 saturated heterocycles. The number of ether oxygens (including phenoxy) is 1. The number of epoxide rings is 1. The largest absolute Gasteiger partial charge is 0.371 e. The van der Waals surface area contributed by atoms with Crippen molar-refractivity contribution in [1.82, 2.24) is 14.7 Å². The lowest BCUT2D eigenvalue weighted by molar-refractivity contribution is 0.100. The standard InChI is InChI=1S/C16H25N3O3/c1-4-11(2)7-17-12(3)18(8-13-5-6-13)16(21)19(15(17)20)9-14-10-22-14/h11,13-14H,3-10H2,1-2H3. The van der Waals surface area contributed by atoms with Crippen molar-refractivity contribution in [3.05, 3.63) is 12.4 Å². The van der Waals surface area contributed by atoms with Crippen LogP contribution in [0.2, 0.25) is 0 Å². The summed E-state index contributed by atoms with van der Waals surface area (Å²) >= 11 is 0. The lowest BCUT2D eigenvalue weighted by atomic mass is 10.1. The Balaban J connectivity index is 1.78. The van der Waals surface area contributed by atoms with E-state index in [-0.39, 0.29) is 18.2 Å². The highest BCUT2D eigenvalue weighted by Crippen LogP contribution is 2.33. The van der Waals surface area contributed by atoms with E-state index in [1.54, 1.807) is 9.80 Å². The summed E-state index contributed by atoms with van der Waals surface area (Å²) in [5.41, 5.74) is 0. The first-order chi connectivity index (χ1) is 10.5. The van der Waals surface area contributed by atoms with Crippen molar-refractivity contribution in [1.29, 1.82) is 0 Å². The molecule has 22 heavy (non-hydrogen) atoms. The van der Waals surface area contributed by atoms with Crippen LogP contribution in [0.3, 0.4) is 0 Å². The Kier molecular flexibility index (Phi) is 4.12. The van der Waals surface area contributed by atoms with Gasteiger partial charge in [0.2, 0.25) is 0 Å². The summed E-state index contributed by atoms with van der Waals surface area (Å²) in [5, 5.41) is 0. The van der Waals surface area contributed by atoms with E-state index in [9.17, 15) is 9.59 Å². The highest BCUT2D eigenvalue weighted by atomic mass is 16.6.